The lowest BCUT2D eigenvalue weighted by Gasteiger charge is -2.35. The maximum absolute atomic E-state index is 13.1. The van der Waals surface area contributed by atoms with E-state index in [4.69, 9.17) is 4.74 Å². The molecule has 2 unspecified atom stereocenters. The number of carbonyl (C=O) groups excluding carboxylic acids is 1. The summed E-state index contributed by atoms with van der Waals surface area (Å²) in [7, 11) is -2.14. The van der Waals surface area contributed by atoms with E-state index in [1.807, 2.05) is 4.90 Å². The Morgan fingerprint density at radius 1 is 1.19 bits per heavy atom. The van der Waals surface area contributed by atoms with Crippen molar-refractivity contribution in [3.8, 4) is 5.75 Å². The number of nitrogens with zero attached hydrogens (tertiary/aromatic N) is 2. The number of rotatable bonds is 6. The van der Waals surface area contributed by atoms with Crippen LogP contribution in [0.5, 0.6) is 5.75 Å². The van der Waals surface area contributed by atoms with Crippen molar-refractivity contribution >= 4 is 15.9 Å². The lowest BCUT2D eigenvalue weighted by molar-refractivity contribution is 0.0619. The molecule has 26 heavy (non-hydrogen) atoms. The van der Waals surface area contributed by atoms with Crippen LogP contribution in [0.1, 0.15) is 44.5 Å². The van der Waals surface area contributed by atoms with Crippen molar-refractivity contribution in [1.29, 1.82) is 0 Å². The zero-order valence-electron chi connectivity index (χ0n) is 16.4. The first-order valence-corrected chi connectivity index (χ1v) is 10.7. The highest BCUT2D eigenvalue weighted by molar-refractivity contribution is 7.89. The molecule has 1 saturated heterocycles. The summed E-state index contributed by atoms with van der Waals surface area (Å²) in [4.78, 5) is 15.0. The summed E-state index contributed by atoms with van der Waals surface area (Å²) in [5.41, 5.74) is 0.307. The molecule has 1 aliphatic heterocycles. The van der Waals surface area contributed by atoms with E-state index in [9.17, 15) is 13.2 Å². The summed E-state index contributed by atoms with van der Waals surface area (Å²) >= 11 is 0. The Balaban J connectivity index is 2.43. The fourth-order valence-corrected chi connectivity index (χ4v) is 5.21. The molecule has 1 aliphatic rings. The summed E-state index contributed by atoms with van der Waals surface area (Å²) in [6.07, 6.45) is 1.09. The minimum atomic E-state index is -3.63. The van der Waals surface area contributed by atoms with Crippen LogP contribution in [0.25, 0.3) is 0 Å². The second-order valence-corrected chi connectivity index (χ2v) is 9.05. The van der Waals surface area contributed by atoms with E-state index in [1.165, 1.54) is 23.5 Å². The molecular weight excluding hydrogens is 352 g/mol. The lowest BCUT2D eigenvalue weighted by Crippen LogP contribution is -2.42. The fraction of sp³-hybridized carbons (Fsp3) is 0.632. The summed E-state index contributed by atoms with van der Waals surface area (Å²) in [5, 5.41) is 0. The van der Waals surface area contributed by atoms with Crippen LogP contribution in [-0.2, 0) is 10.0 Å². The molecule has 0 bridgehead atoms. The largest absolute Gasteiger partial charge is 0.496 e. The van der Waals surface area contributed by atoms with Crippen LogP contribution in [-0.4, -0.2) is 56.8 Å². The van der Waals surface area contributed by atoms with Gasteiger partial charge in [0.1, 0.15) is 5.75 Å². The van der Waals surface area contributed by atoms with Crippen molar-refractivity contribution < 1.29 is 17.9 Å². The molecule has 0 saturated carbocycles. The molecule has 0 radical (unpaired) electrons. The zero-order chi connectivity index (χ0) is 19.5. The van der Waals surface area contributed by atoms with Crippen LogP contribution >= 0.6 is 0 Å². The van der Waals surface area contributed by atoms with Crippen LogP contribution in [0.4, 0.5) is 0 Å². The molecule has 1 heterocycles. The highest BCUT2D eigenvalue weighted by Gasteiger charge is 2.30. The molecule has 1 aromatic rings. The number of amides is 1. The number of benzene rings is 1. The van der Waals surface area contributed by atoms with E-state index in [0.29, 0.717) is 49.3 Å². The highest BCUT2D eigenvalue weighted by atomic mass is 32.2. The molecular formula is C19H30N2O4S. The Labute approximate surface area is 157 Å². The van der Waals surface area contributed by atoms with Gasteiger partial charge in [0.05, 0.1) is 17.6 Å². The standard InChI is InChI=1S/C19H30N2O4S/c1-6-21(7-2)26(23,24)16-8-9-18(25-5)17(11-16)19(22)20-12-14(3)10-15(4)13-20/h8-9,11,14-15H,6-7,10,12-13H2,1-5H3. The number of piperidine rings is 1. The second kappa shape index (κ2) is 8.39. The molecule has 0 aromatic heterocycles. The maximum Gasteiger partial charge on any atom is 0.257 e. The van der Waals surface area contributed by atoms with E-state index in [-0.39, 0.29) is 10.8 Å². The van der Waals surface area contributed by atoms with Crippen molar-refractivity contribution in [3.63, 3.8) is 0 Å². The van der Waals surface area contributed by atoms with E-state index in [2.05, 4.69) is 13.8 Å². The highest BCUT2D eigenvalue weighted by Crippen LogP contribution is 2.28. The summed E-state index contributed by atoms with van der Waals surface area (Å²) in [6, 6.07) is 4.53. The van der Waals surface area contributed by atoms with Crippen LogP contribution in [0.2, 0.25) is 0 Å². The van der Waals surface area contributed by atoms with Gasteiger partial charge in [-0.2, -0.15) is 4.31 Å². The van der Waals surface area contributed by atoms with E-state index in [1.54, 1.807) is 19.9 Å². The fourth-order valence-electron chi connectivity index (χ4n) is 3.73. The van der Waals surface area contributed by atoms with Crippen molar-refractivity contribution in [1.82, 2.24) is 9.21 Å². The van der Waals surface area contributed by atoms with Gasteiger partial charge in [0, 0.05) is 26.2 Å². The molecule has 0 aliphatic carbocycles. The van der Waals surface area contributed by atoms with E-state index >= 15 is 0 Å². The van der Waals surface area contributed by atoms with Gasteiger partial charge in [-0.1, -0.05) is 27.7 Å². The zero-order valence-corrected chi connectivity index (χ0v) is 17.2. The first-order valence-electron chi connectivity index (χ1n) is 9.21. The second-order valence-electron chi connectivity index (χ2n) is 7.11. The van der Waals surface area contributed by atoms with E-state index in [0.717, 1.165) is 6.42 Å². The van der Waals surface area contributed by atoms with Gasteiger partial charge >= 0.3 is 0 Å². The molecule has 6 nitrogen and oxygen atoms in total. The predicted molar refractivity (Wildman–Crippen MR) is 102 cm³/mol. The molecule has 2 atom stereocenters. The summed E-state index contributed by atoms with van der Waals surface area (Å²) < 4.78 is 32.3. The summed E-state index contributed by atoms with van der Waals surface area (Å²) in [5.74, 6) is 1.09. The number of ether oxygens (including phenoxy) is 1. The van der Waals surface area contributed by atoms with Gasteiger partial charge in [0.2, 0.25) is 10.0 Å². The SMILES string of the molecule is CCN(CC)S(=O)(=O)c1ccc(OC)c(C(=O)N2CC(C)CC(C)C2)c1. The monoisotopic (exact) mass is 382 g/mol. The van der Waals surface area contributed by atoms with Crippen LogP contribution < -0.4 is 4.74 Å². The third-order valence-electron chi connectivity index (χ3n) is 4.90. The number of methoxy groups -OCH3 is 1. The quantitative estimate of drug-likeness (QED) is 0.759. The van der Waals surface area contributed by atoms with E-state index < -0.39 is 10.0 Å². The van der Waals surface area contributed by atoms with Gasteiger partial charge < -0.3 is 9.64 Å². The molecule has 0 spiro atoms. The Morgan fingerprint density at radius 3 is 2.27 bits per heavy atom. The summed E-state index contributed by atoms with van der Waals surface area (Å²) in [6.45, 7) is 9.99. The topological polar surface area (TPSA) is 66.9 Å². The minimum absolute atomic E-state index is 0.128. The Kier molecular flexibility index (Phi) is 6.69. The smallest absolute Gasteiger partial charge is 0.257 e. The lowest BCUT2D eigenvalue weighted by atomic mass is 9.91. The third-order valence-corrected chi connectivity index (χ3v) is 6.95. The number of hydrogen-bond donors (Lipinski definition) is 0. The van der Waals surface area contributed by atoms with Crippen LogP contribution in [0.3, 0.4) is 0 Å². The molecule has 0 N–H and O–H groups in total. The normalized spacial score (nSPS) is 21.1. The molecule has 2 rings (SSSR count). The minimum Gasteiger partial charge on any atom is -0.496 e. The van der Waals surface area contributed by atoms with Crippen molar-refractivity contribution in [2.75, 3.05) is 33.3 Å². The van der Waals surface area contributed by atoms with Crippen molar-refractivity contribution in [2.24, 2.45) is 11.8 Å². The van der Waals surface area contributed by atoms with Gasteiger partial charge in [-0.3, -0.25) is 4.79 Å². The van der Waals surface area contributed by atoms with Gasteiger partial charge in [0.25, 0.3) is 5.91 Å². The number of sulfonamides is 1. The Hall–Kier alpha value is -1.60. The third kappa shape index (κ3) is 4.20. The van der Waals surface area contributed by atoms with Gasteiger partial charge in [-0.15, -0.1) is 0 Å². The van der Waals surface area contributed by atoms with Crippen LogP contribution in [0, 0.1) is 11.8 Å². The predicted octanol–water partition coefficient (Wildman–Crippen LogP) is 2.84. The van der Waals surface area contributed by atoms with Crippen molar-refractivity contribution in [2.45, 2.75) is 39.0 Å². The maximum atomic E-state index is 13.1. The Morgan fingerprint density at radius 2 is 1.77 bits per heavy atom. The van der Waals surface area contributed by atoms with Gasteiger partial charge in [-0.25, -0.2) is 8.42 Å². The number of likely N-dealkylation sites (tertiary alicyclic amines) is 1. The number of carbonyl (C=O) groups is 1. The van der Waals surface area contributed by atoms with Crippen molar-refractivity contribution in [3.05, 3.63) is 23.8 Å². The number of hydrogen-bond acceptors (Lipinski definition) is 4. The van der Waals surface area contributed by atoms with Gasteiger partial charge in [-0.05, 0) is 36.5 Å². The molecule has 1 fully saturated rings. The molecule has 7 heteroatoms. The molecule has 146 valence electrons. The average Bonchev–Trinajstić information content (AvgIpc) is 2.60. The first-order chi connectivity index (χ1) is 12.2. The van der Waals surface area contributed by atoms with Crippen LogP contribution in [0.15, 0.2) is 23.1 Å². The molecule has 1 aromatic carbocycles. The average molecular weight is 383 g/mol. The molecule has 1 amide bonds. The Bertz CT molecular complexity index is 734. The first kappa shape index (κ1) is 20.7. The van der Waals surface area contributed by atoms with Gasteiger partial charge in [0.15, 0.2) is 0 Å².